The number of aryl methyl sites for hydroxylation is 1. The molecule has 0 bridgehead atoms. The molecule has 2 atom stereocenters. The molecule has 1 aliphatic rings. The molecule has 3 aromatic rings. The van der Waals surface area contributed by atoms with E-state index in [1.807, 2.05) is 19.1 Å². The minimum atomic E-state index is -1.02. The molecule has 144 valence electrons. The van der Waals surface area contributed by atoms with Gasteiger partial charge in [0.25, 0.3) is 0 Å². The van der Waals surface area contributed by atoms with E-state index in [9.17, 15) is 15.0 Å². The van der Waals surface area contributed by atoms with Crippen molar-refractivity contribution in [2.24, 2.45) is 5.92 Å². The van der Waals surface area contributed by atoms with E-state index in [2.05, 4.69) is 20.3 Å². The van der Waals surface area contributed by atoms with Crippen molar-refractivity contribution in [3.05, 3.63) is 48.0 Å². The van der Waals surface area contributed by atoms with Crippen LogP contribution < -0.4 is 5.32 Å². The van der Waals surface area contributed by atoms with Crippen LogP contribution in [0.2, 0.25) is 0 Å². The Morgan fingerprint density at radius 1 is 1.07 bits per heavy atom. The van der Waals surface area contributed by atoms with Crippen molar-refractivity contribution in [1.29, 1.82) is 0 Å². The van der Waals surface area contributed by atoms with Gasteiger partial charge < -0.3 is 15.5 Å². The zero-order valence-corrected chi connectivity index (χ0v) is 15.8. The molecule has 0 aromatic carbocycles. The van der Waals surface area contributed by atoms with Gasteiger partial charge in [0.05, 0.1) is 17.5 Å². The van der Waals surface area contributed by atoms with Crippen LogP contribution in [-0.2, 0) is 4.79 Å². The summed E-state index contributed by atoms with van der Waals surface area (Å²) in [4.78, 5) is 25.0. The molecule has 7 nitrogen and oxygen atoms in total. The fraction of sp³-hybridized carbons (Fsp3) is 0.333. The number of amides is 1. The van der Waals surface area contributed by atoms with E-state index in [1.165, 1.54) is 6.92 Å². The summed E-state index contributed by atoms with van der Waals surface area (Å²) in [6.45, 7) is 3.44. The molecule has 7 heteroatoms. The molecular weight excluding hydrogens is 356 g/mol. The van der Waals surface area contributed by atoms with Gasteiger partial charge >= 0.3 is 0 Å². The SMILES string of the molecule is Cc1cc([C@@H](O)[C@H](C)O)ncc1-c1cc2cnc(NC(=O)C3CC3)cc2cn1. The van der Waals surface area contributed by atoms with Crippen LogP contribution in [0.5, 0.6) is 0 Å². The third-order valence-corrected chi connectivity index (χ3v) is 4.97. The van der Waals surface area contributed by atoms with Gasteiger partial charge in [0.15, 0.2) is 0 Å². The standard InChI is InChI=1S/C21H22N4O3/c1-11-5-18(20(27)12(2)26)23-10-16(11)17-6-14-9-24-19(7-15(14)8-22-17)25-21(28)13-3-4-13/h5-10,12-13,20,26-27H,3-4H2,1-2H3,(H,24,25,28)/t12-,20-/m0/s1. The highest BCUT2D eigenvalue weighted by Crippen LogP contribution is 2.31. The topological polar surface area (TPSA) is 108 Å². The summed E-state index contributed by atoms with van der Waals surface area (Å²) in [5.74, 6) is 0.689. The third kappa shape index (κ3) is 3.72. The Kier molecular flexibility index (Phi) is 4.78. The number of nitrogens with one attached hydrogen (secondary N) is 1. The summed E-state index contributed by atoms with van der Waals surface area (Å²) in [7, 11) is 0. The van der Waals surface area contributed by atoms with Gasteiger partial charge in [-0.3, -0.25) is 14.8 Å². The van der Waals surface area contributed by atoms with Gasteiger partial charge in [-0.2, -0.15) is 0 Å². The number of aromatic nitrogens is 3. The normalized spacial score (nSPS) is 16.0. The van der Waals surface area contributed by atoms with E-state index in [1.54, 1.807) is 24.7 Å². The lowest BCUT2D eigenvalue weighted by Crippen LogP contribution is -2.15. The van der Waals surface area contributed by atoms with E-state index in [0.29, 0.717) is 11.5 Å². The van der Waals surface area contributed by atoms with Crippen LogP contribution in [0.4, 0.5) is 5.82 Å². The fourth-order valence-corrected chi connectivity index (χ4v) is 3.08. The molecule has 1 saturated carbocycles. The zero-order valence-electron chi connectivity index (χ0n) is 15.8. The van der Waals surface area contributed by atoms with Crippen LogP contribution in [0, 0.1) is 12.8 Å². The smallest absolute Gasteiger partial charge is 0.228 e. The maximum atomic E-state index is 11.9. The molecule has 0 unspecified atom stereocenters. The maximum absolute atomic E-state index is 11.9. The van der Waals surface area contributed by atoms with E-state index in [0.717, 1.165) is 40.4 Å². The van der Waals surface area contributed by atoms with Gasteiger partial charge in [-0.1, -0.05) is 0 Å². The Balaban J connectivity index is 1.61. The first-order valence-corrected chi connectivity index (χ1v) is 9.32. The Hall–Kier alpha value is -2.90. The third-order valence-electron chi connectivity index (χ3n) is 4.97. The number of fused-ring (bicyclic) bond motifs is 1. The van der Waals surface area contributed by atoms with Crippen molar-refractivity contribution >= 4 is 22.5 Å². The Bertz CT molecular complexity index is 1050. The molecular formula is C21H22N4O3. The van der Waals surface area contributed by atoms with Crippen molar-refractivity contribution in [1.82, 2.24) is 15.0 Å². The number of carbonyl (C=O) groups is 1. The lowest BCUT2D eigenvalue weighted by Gasteiger charge is -2.15. The average molecular weight is 378 g/mol. The van der Waals surface area contributed by atoms with Crippen LogP contribution in [0.15, 0.2) is 36.8 Å². The Morgan fingerprint density at radius 2 is 1.79 bits per heavy atom. The van der Waals surface area contributed by atoms with E-state index >= 15 is 0 Å². The quantitative estimate of drug-likeness (QED) is 0.630. The fourth-order valence-electron chi connectivity index (χ4n) is 3.08. The van der Waals surface area contributed by atoms with E-state index in [-0.39, 0.29) is 11.8 Å². The summed E-state index contributed by atoms with van der Waals surface area (Å²) >= 11 is 0. The predicted molar refractivity (Wildman–Crippen MR) is 106 cm³/mol. The number of aliphatic hydroxyl groups excluding tert-OH is 2. The Labute approximate surface area is 162 Å². The monoisotopic (exact) mass is 378 g/mol. The first kappa shape index (κ1) is 18.5. The second-order valence-electron chi connectivity index (χ2n) is 7.36. The molecule has 1 fully saturated rings. The number of aliphatic hydroxyl groups is 2. The molecule has 3 N–H and O–H groups in total. The van der Waals surface area contributed by atoms with Gasteiger partial charge in [0, 0.05) is 40.8 Å². The number of carbonyl (C=O) groups excluding carboxylic acids is 1. The largest absolute Gasteiger partial charge is 0.390 e. The van der Waals surface area contributed by atoms with Crippen molar-refractivity contribution in [2.45, 2.75) is 38.9 Å². The predicted octanol–water partition coefficient (Wildman–Crippen LogP) is 2.76. The number of rotatable bonds is 5. The minimum absolute atomic E-state index is 0.0256. The molecule has 28 heavy (non-hydrogen) atoms. The molecule has 0 spiro atoms. The lowest BCUT2D eigenvalue weighted by molar-refractivity contribution is -0.117. The molecule has 0 radical (unpaired) electrons. The highest BCUT2D eigenvalue weighted by atomic mass is 16.3. The van der Waals surface area contributed by atoms with Gasteiger partial charge in [-0.15, -0.1) is 0 Å². The van der Waals surface area contributed by atoms with Crippen LogP contribution in [0.1, 0.15) is 37.1 Å². The summed E-state index contributed by atoms with van der Waals surface area (Å²) in [6, 6.07) is 5.50. The highest BCUT2D eigenvalue weighted by molar-refractivity contribution is 5.95. The van der Waals surface area contributed by atoms with E-state index in [4.69, 9.17) is 0 Å². The van der Waals surface area contributed by atoms with Crippen molar-refractivity contribution in [3.63, 3.8) is 0 Å². The number of hydrogen-bond donors (Lipinski definition) is 3. The van der Waals surface area contributed by atoms with Crippen LogP contribution in [-0.4, -0.2) is 37.2 Å². The van der Waals surface area contributed by atoms with E-state index < -0.39 is 12.2 Å². The molecule has 3 heterocycles. The van der Waals surface area contributed by atoms with Crippen LogP contribution >= 0.6 is 0 Å². The maximum Gasteiger partial charge on any atom is 0.228 e. The minimum Gasteiger partial charge on any atom is -0.390 e. The van der Waals surface area contributed by atoms with Gasteiger partial charge in [0.1, 0.15) is 11.9 Å². The zero-order chi connectivity index (χ0) is 19.8. The summed E-state index contributed by atoms with van der Waals surface area (Å²) in [5, 5.41) is 24.2. The molecule has 1 aliphatic carbocycles. The number of hydrogen-bond acceptors (Lipinski definition) is 6. The van der Waals surface area contributed by atoms with Crippen molar-refractivity contribution < 1.29 is 15.0 Å². The van der Waals surface area contributed by atoms with Crippen LogP contribution in [0.3, 0.4) is 0 Å². The molecule has 3 aromatic heterocycles. The average Bonchev–Trinajstić information content (AvgIpc) is 3.52. The molecule has 4 rings (SSSR count). The second-order valence-corrected chi connectivity index (χ2v) is 7.36. The van der Waals surface area contributed by atoms with Gasteiger partial charge in [-0.25, -0.2) is 4.98 Å². The Morgan fingerprint density at radius 3 is 2.46 bits per heavy atom. The number of nitrogens with zero attached hydrogens (tertiary/aromatic N) is 3. The van der Waals surface area contributed by atoms with Crippen molar-refractivity contribution in [2.75, 3.05) is 5.32 Å². The van der Waals surface area contributed by atoms with Crippen LogP contribution in [0.25, 0.3) is 22.0 Å². The molecule has 0 aliphatic heterocycles. The first-order chi connectivity index (χ1) is 13.4. The number of anilines is 1. The lowest BCUT2D eigenvalue weighted by atomic mass is 10.0. The van der Waals surface area contributed by atoms with Gasteiger partial charge in [0.2, 0.25) is 5.91 Å². The second kappa shape index (κ2) is 7.26. The first-order valence-electron chi connectivity index (χ1n) is 9.32. The van der Waals surface area contributed by atoms with Gasteiger partial charge in [-0.05, 0) is 50.5 Å². The summed E-state index contributed by atoms with van der Waals surface area (Å²) in [6.07, 6.45) is 5.11. The number of pyridine rings is 3. The van der Waals surface area contributed by atoms with Crippen molar-refractivity contribution in [3.8, 4) is 11.3 Å². The highest BCUT2D eigenvalue weighted by Gasteiger charge is 2.29. The summed E-state index contributed by atoms with van der Waals surface area (Å²) in [5.41, 5.74) is 2.91. The molecule has 0 saturated heterocycles. The summed E-state index contributed by atoms with van der Waals surface area (Å²) < 4.78 is 0. The molecule has 1 amide bonds.